The number of rotatable bonds is 5. The van der Waals surface area contributed by atoms with Crippen LogP contribution in [0.4, 0.5) is 5.95 Å². The Bertz CT molecular complexity index is 510. The van der Waals surface area contributed by atoms with E-state index in [1.54, 1.807) is 24.7 Å². The van der Waals surface area contributed by atoms with Crippen LogP contribution < -0.4 is 10.6 Å². The summed E-state index contributed by atoms with van der Waals surface area (Å²) in [5.74, 6) is 0.0279. The Morgan fingerprint density at radius 3 is 2.89 bits per heavy atom. The summed E-state index contributed by atoms with van der Waals surface area (Å²) < 4.78 is 1.46. The molecule has 2 N–H and O–H groups in total. The Morgan fingerprint density at radius 2 is 2.17 bits per heavy atom. The van der Waals surface area contributed by atoms with E-state index in [9.17, 15) is 4.79 Å². The molecule has 0 atom stereocenters. The van der Waals surface area contributed by atoms with E-state index in [1.807, 2.05) is 7.05 Å². The zero-order valence-corrected chi connectivity index (χ0v) is 9.87. The lowest BCUT2D eigenvalue weighted by Crippen LogP contribution is -2.20. The van der Waals surface area contributed by atoms with Crippen molar-refractivity contribution in [2.24, 2.45) is 0 Å². The van der Waals surface area contributed by atoms with Gasteiger partial charge in [0.1, 0.15) is 6.54 Å². The molecule has 0 aromatic carbocycles. The normalized spacial score (nSPS) is 10.3. The molecule has 0 bridgehead atoms. The van der Waals surface area contributed by atoms with Crippen LogP contribution in [0, 0.1) is 0 Å². The van der Waals surface area contributed by atoms with Gasteiger partial charge in [0.2, 0.25) is 11.9 Å². The van der Waals surface area contributed by atoms with Gasteiger partial charge < -0.3 is 5.32 Å². The molecule has 94 valence electrons. The van der Waals surface area contributed by atoms with Crippen LogP contribution in [0.5, 0.6) is 0 Å². The molecule has 18 heavy (non-hydrogen) atoms. The predicted molar refractivity (Wildman–Crippen MR) is 63.4 cm³/mol. The monoisotopic (exact) mass is 247 g/mol. The van der Waals surface area contributed by atoms with Crippen LogP contribution in [0.3, 0.4) is 0 Å². The highest BCUT2D eigenvalue weighted by Gasteiger charge is 2.07. The molecular formula is C10H13N7O. The summed E-state index contributed by atoms with van der Waals surface area (Å²) in [6.45, 7) is 0.693. The number of nitrogens with zero attached hydrogens (tertiary/aromatic N) is 5. The molecule has 0 fully saturated rings. The average molecular weight is 247 g/mol. The van der Waals surface area contributed by atoms with Gasteiger partial charge in [-0.05, 0) is 13.1 Å². The molecule has 2 aromatic heterocycles. The highest BCUT2D eigenvalue weighted by atomic mass is 16.2. The minimum atomic E-state index is -0.248. The van der Waals surface area contributed by atoms with Gasteiger partial charge in [-0.1, -0.05) is 5.21 Å². The maximum absolute atomic E-state index is 11.7. The second kappa shape index (κ2) is 5.82. The third-order valence-electron chi connectivity index (χ3n) is 2.07. The number of hydrogen-bond acceptors (Lipinski definition) is 6. The third-order valence-corrected chi connectivity index (χ3v) is 2.07. The average Bonchev–Trinajstić information content (AvgIpc) is 2.78. The van der Waals surface area contributed by atoms with Crippen molar-refractivity contribution < 1.29 is 4.79 Å². The molecule has 0 aliphatic carbocycles. The first-order valence-corrected chi connectivity index (χ1v) is 5.38. The molecule has 2 heterocycles. The molecule has 2 rings (SSSR count). The van der Waals surface area contributed by atoms with E-state index in [4.69, 9.17) is 0 Å². The summed E-state index contributed by atoms with van der Waals surface area (Å²) in [5, 5.41) is 13.3. The summed E-state index contributed by atoms with van der Waals surface area (Å²) in [4.78, 5) is 19.4. The van der Waals surface area contributed by atoms with Crippen molar-refractivity contribution in [3.8, 4) is 0 Å². The lowest BCUT2D eigenvalue weighted by Gasteiger charge is -2.02. The number of carbonyl (C=O) groups is 1. The van der Waals surface area contributed by atoms with Crippen LogP contribution in [0.2, 0.25) is 0 Å². The molecular weight excluding hydrogens is 234 g/mol. The summed E-state index contributed by atoms with van der Waals surface area (Å²) in [7, 11) is 1.82. The van der Waals surface area contributed by atoms with Gasteiger partial charge >= 0.3 is 0 Å². The van der Waals surface area contributed by atoms with Gasteiger partial charge in [0.25, 0.3) is 0 Å². The largest absolute Gasteiger partial charge is 0.314 e. The Morgan fingerprint density at radius 1 is 1.39 bits per heavy atom. The minimum absolute atomic E-state index is 0.0783. The molecule has 8 nitrogen and oxygen atoms in total. The van der Waals surface area contributed by atoms with Crippen LogP contribution >= 0.6 is 0 Å². The van der Waals surface area contributed by atoms with E-state index >= 15 is 0 Å². The fraction of sp³-hybridized carbons (Fsp3) is 0.300. The second-order valence-electron chi connectivity index (χ2n) is 3.56. The summed E-state index contributed by atoms with van der Waals surface area (Å²) in [6, 6.07) is 1.68. The zero-order valence-electron chi connectivity index (χ0n) is 9.87. The van der Waals surface area contributed by atoms with Crippen molar-refractivity contribution in [3.63, 3.8) is 0 Å². The predicted octanol–water partition coefficient (Wildman–Crippen LogP) is -0.574. The maximum Gasteiger partial charge on any atom is 0.248 e. The SMILES string of the molecule is CNCc1cn(CC(=O)Nc2ncccn2)nn1. The number of nitrogens with one attached hydrogen (secondary N) is 2. The number of amides is 1. The molecule has 2 aromatic rings. The number of aromatic nitrogens is 5. The van der Waals surface area contributed by atoms with Crippen LogP contribution in [-0.4, -0.2) is 37.9 Å². The van der Waals surface area contributed by atoms with E-state index in [1.165, 1.54) is 4.68 Å². The number of anilines is 1. The van der Waals surface area contributed by atoms with Gasteiger partial charge in [0, 0.05) is 18.9 Å². The molecule has 8 heteroatoms. The van der Waals surface area contributed by atoms with Gasteiger partial charge in [0.15, 0.2) is 0 Å². The maximum atomic E-state index is 11.7. The number of carbonyl (C=O) groups excluding carboxylic acids is 1. The lowest BCUT2D eigenvalue weighted by molar-refractivity contribution is -0.117. The van der Waals surface area contributed by atoms with Gasteiger partial charge in [-0.15, -0.1) is 5.10 Å². The topological polar surface area (TPSA) is 97.6 Å². The van der Waals surface area contributed by atoms with Crippen molar-refractivity contribution >= 4 is 11.9 Å². The molecule has 0 radical (unpaired) electrons. The molecule has 1 amide bonds. The summed E-state index contributed by atoms with van der Waals surface area (Å²) in [5.41, 5.74) is 0.779. The first-order chi connectivity index (χ1) is 8.78. The smallest absolute Gasteiger partial charge is 0.248 e. The van der Waals surface area contributed by atoms with Crippen LogP contribution in [0.1, 0.15) is 5.69 Å². The van der Waals surface area contributed by atoms with Gasteiger partial charge in [0.05, 0.1) is 11.9 Å². The van der Waals surface area contributed by atoms with E-state index in [2.05, 4.69) is 30.9 Å². The first kappa shape index (κ1) is 12.1. The van der Waals surface area contributed by atoms with E-state index in [0.29, 0.717) is 6.54 Å². The fourth-order valence-electron chi connectivity index (χ4n) is 1.35. The fourth-order valence-corrected chi connectivity index (χ4v) is 1.35. The van der Waals surface area contributed by atoms with Crippen molar-refractivity contribution in [1.82, 2.24) is 30.3 Å². The van der Waals surface area contributed by atoms with Crippen molar-refractivity contribution in [1.29, 1.82) is 0 Å². The van der Waals surface area contributed by atoms with Crippen LogP contribution in [0.25, 0.3) is 0 Å². The zero-order chi connectivity index (χ0) is 12.8. The van der Waals surface area contributed by atoms with E-state index < -0.39 is 0 Å². The Labute approximate surface area is 103 Å². The number of hydrogen-bond donors (Lipinski definition) is 2. The Balaban J connectivity index is 1.90. The van der Waals surface area contributed by atoms with Gasteiger partial charge in [-0.3, -0.25) is 10.1 Å². The van der Waals surface area contributed by atoms with E-state index in [-0.39, 0.29) is 18.4 Å². The van der Waals surface area contributed by atoms with Crippen molar-refractivity contribution in [3.05, 3.63) is 30.4 Å². The highest BCUT2D eigenvalue weighted by molar-refractivity contribution is 5.88. The Kier molecular flexibility index (Phi) is 3.92. The van der Waals surface area contributed by atoms with Crippen LogP contribution in [-0.2, 0) is 17.9 Å². The molecule has 0 aliphatic rings. The standard InChI is InChI=1S/C10H13N7O/c1-11-5-8-6-17(16-15-8)7-9(18)14-10-12-3-2-4-13-10/h2-4,6,11H,5,7H2,1H3,(H,12,13,14,18). The van der Waals surface area contributed by atoms with E-state index in [0.717, 1.165) is 5.69 Å². The molecule has 0 saturated heterocycles. The summed E-state index contributed by atoms with van der Waals surface area (Å²) in [6.07, 6.45) is 4.83. The Hall–Kier alpha value is -2.35. The van der Waals surface area contributed by atoms with Gasteiger partial charge in [-0.25, -0.2) is 14.6 Å². The molecule has 0 saturated carbocycles. The molecule has 0 unspecified atom stereocenters. The van der Waals surface area contributed by atoms with Gasteiger partial charge in [-0.2, -0.15) is 0 Å². The lowest BCUT2D eigenvalue weighted by atomic mass is 10.5. The minimum Gasteiger partial charge on any atom is -0.314 e. The summed E-state index contributed by atoms with van der Waals surface area (Å²) >= 11 is 0. The molecule has 0 aliphatic heterocycles. The first-order valence-electron chi connectivity index (χ1n) is 5.38. The van der Waals surface area contributed by atoms with Crippen molar-refractivity contribution in [2.45, 2.75) is 13.1 Å². The quantitative estimate of drug-likeness (QED) is 0.734. The highest BCUT2D eigenvalue weighted by Crippen LogP contribution is 1.96. The van der Waals surface area contributed by atoms with Crippen LogP contribution in [0.15, 0.2) is 24.7 Å². The molecule has 0 spiro atoms. The second-order valence-corrected chi connectivity index (χ2v) is 3.56. The van der Waals surface area contributed by atoms with Crippen molar-refractivity contribution in [2.75, 3.05) is 12.4 Å². The third kappa shape index (κ3) is 3.32.